The van der Waals surface area contributed by atoms with E-state index in [1.54, 1.807) is 54.6 Å². The molecule has 27 heavy (non-hydrogen) atoms. The molecule has 142 valence electrons. The normalized spacial score (nSPS) is 11.8. The van der Waals surface area contributed by atoms with Gasteiger partial charge in [0.1, 0.15) is 0 Å². The lowest BCUT2D eigenvalue weighted by Gasteiger charge is -2.43. The number of ketones is 2. The number of hydrogen-bond acceptors (Lipinski definition) is 3. The van der Waals surface area contributed by atoms with Gasteiger partial charge in [0.15, 0.2) is 8.24 Å². The Balaban J connectivity index is 2.21. The highest BCUT2D eigenvalue weighted by atomic mass is 28.3. The molecule has 1 amide bonds. The van der Waals surface area contributed by atoms with Crippen LogP contribution in [0.3, 0.4) is 0 Å². The topological polar surface area (TPSA) is 54.5 Å². The Morgan fingerprint density at radius 2 is 1.15 bits per heavy atom. The van der Waals surface area contributed by atoms with Gasteiger partial charge in [0.05, 0.1) is 0 Å². The number of carbonyl (C=O) groups excluding carboxylic acids is 3. The summed E-state index contributed by atoms with van der Waals surface area (Å²) in [5.74, 6) is -1.18. The summed E-state index contributed by atoms with van der Waals surface area (Å²) in [6, 6.07) is 14.8. The van der Waals surface area contributed by atoms with Crippen LogP contribution in [0.1, 0.15) is 51.8 Å². The third-order valence-corrected chi connectivity index (χ3v) is 11.2. The Bertz CT molecular complexity index is 849. The number of amides is 1. The monoisotopic (exact) mass is 381 g/mol. The Labute approximate surface area is 162 Å². The summed E-state index contributed by atoms with van der Waals surface area (Å²) < 4.78 is 1.86. The summed E-state index contributed by atoms with van der Waals surface area (Å²) >= 11 is 0. The van der Waals surface area contributed by atoms with E-state index < -0.39 is 19.8 Å². The van der Waals surface area contributed by atoms with Crippen LogP contribution < -0.4 is 0 Å². The first-order valence-corrected chi connectivity index (χ1v) is 11.9. The zero-order valence-electron chi connectivity index (χ0n) is 16.9. The van der Waals surface area contributed by atoms with Gasteiger partial charge >= 0.3 is 0 Å². The molecule has 0 aliphatic rings. The molecule has 0 saturated carbocycles. The van der Waals surface area contributed by atoms with Crippen molar-refractivity contribution in [1.82, 2.24) is 4.57 Å². The SMILES string of the molecule is CN(C(=O)c1ccc(C(=O)C(=O)c2ccccc2)cc1)[Si](C)(C)C(C)(C)C. The van der Waals surface area contributed by atoms with E-state index in [4.69, 9.17) is 0 Å². The summed E-state index contributed by atoms with van der Waals surface area (Å²) in [5.41, 5.74) is 1.17. The molecule has 5 heteroatoms. The molecule has 2 aromatic rings. The molecule has 2 rings (SSSR count). The second-order valence-corrected chi connectivity index (χ2v) is 13.6. The third-order valence-electron chi connectivity index (χ3n) is 5.61. The van der Waals surface area contributed by atoms with Crippen LogP contribution in [-0.2, 0) is 0 Å². The van der Waals surface area contributed by atoms with E-state index in [-0.39, 0.29) is 16.5 Å². The van der Waals surface area contributed by atoms with E-state index >= 15 is 0 Å². The highest BCUT2D eigenvalue weighted by molar-refractivity contribution is 6.79. The van der Waals surface area contributed by atoms with E-state index in [1.165, 1.54) is 0 Å². The van der Waals surface area contributed by atoms with Crippen LogP contribution in [-0.4, -0.2) is 37.3 Å². The maximum absolute atomic E-state index is 12.9. The van der Waals surface area contributed by atoms with Crippen LogP contribution in [0.25, 0.3) is 0 Å². The first kappa shape index (κ1) is 20.8. The van der Waals surface area contributed by atoms with Crippen molar-refractivity contribution >= 4 is 25.7 Å². The second-order valence-electron chi connectivity index (χ2n) is 8.27. The predicted octanol–water partition coefficient (Wildman–Crippen LogP) is 4.83. The number of benzene rings is 2. The van der Waals surface area contributed by atoms with E-state index in [1.807, 2.05) is 11.6 Å². The van der Waals surface area contributed by atoms with Gasteiger partial charge in [-0.05, 0) is 17.2 Å². The maximum atomic E-state index is 12.9. The lowest BCUT2D eigenvalue weighted by atomic mass is 10.0. The smallest absolute Gasteiger partial charge is 0.245 e. The zero-order chi connectivity index (χ0) is 20.4. The molecule has 0 bridgehead atoms. The number of nitrogens with zero attached hydrogens (tertiary/aromatic N) is 1. The molecule has 0 aliphatic carbocycles. The van der Waals surface area contributed by atoms with Crippen LogP contribution in [0.5, 0.6) is 0 Å². The van der Waals surface area contributed by atoms with Crippen molar-refractivity contribution < 1.29 is 14.4 Å². The molecule has 0 saturated heterocycles. The van der Waals surface area contributed by atoms with Crippen molar-refractivity contribution in [3.63, 3.8) is 0 Å². The van der Waals surface area contributed by atoms with Crippen LogP contribution in [0, 0.1) is 0 Å². The molecule has 0 aromatic heterocycles. The molecular formula is C22H27NO3Si. The van der Waals surface area contributed by atoms with Crippen LogP contribution in [0.2, 0.25) is 18.1 Å². The van der Waals surface area contributed by atoms with Crippen molar-refractivity contribution in [3.8, 4) is 0 Å². The lowest BCUT2D eigenvalue weighted by Crippen LogP contribution is -2.55. The van der Waals surface area contributed by atoms with Crippen LogP contribution in [0.15, 0.2) is 54.6 Å². The number of hydrogen-bond donors (Lipinski definition) is 0. The summed E-state index contributed by atoms with van der Waals surface area (Å²) in [6.45, 7) is 10.8. The van der Waals surface area contributed by atoms with E-state index in [0.717, 1.165) is 0 Å². The van der Waals surface area contributed by atoms with Gasteiger partial charge in [0.25, 0.3) is 0 Å². The Morgan fingerprint density at radius 1 is 0.741 bits per heavy atom. The molecule has 0 atom stereocenters. The fourth-order valence-electron chi connectivity index (χ4n) is 2.57. The van der Waals surface area contributed by atoms with Gasteiger partial charge < -0.3 is 4.57 Å². The van der Waals surface area contributed by atoms with Crippen molar-refractivity contribution in [2.75, 3.05) is 7.05 Å². The number of Topliss-reactive ketones (excluding diaryl/α,β-unsaturated/α-hetero) is 2. The molecule has 0 spiro atoms. The largest absolute Gasteiger partial charge is 0.368 e. The second kappa shape index (κ2) is 7.60. The van der Waals surface area contributed by atoms with Gasteiger partial charge in [-0.2, -0.15) is 0 Å². The third kappa shape index (κ3) is 4.25. The fourth-order valence-corrected chi connectivity index (χ4v) is 4.21. The van der Waals surface area contributed by atoms with Gasteiger partial charge in [0.2, 0.25) is 17.5 Å². The molecular weight excluding hydrogens is 354 g/mol. The van der Waals surface area contributed by atoms with E-state index in [0.29, 0.717) is 11.1 Å². The maximum Gasteiger partial charge on any atom is 0.245 e. The molecule has 4 nitrogen and oxygen atoms in total. The van der Waals surface area contributed by atoms with E-state index in [9.17, 15) is 14.4 Å². The van der Waals surface area contributed by atoms with E-state index in [2.05, 4.69) is 33.9 Å². The Kier molecular flexibility index (Phi) is 5.85. The average Bonchev–Trinajstić information content (AvgIpc) is 2.65. The molecule has 0 aliphatic heterocycles. The van der Waals surface area contributed by atoms with Crippen LogP contribution in [0.4, 0.5) is 0 Å². The van der Waals surface area contributed by atoms with Gasteiger partial charge in [-0.3, -0.25) is 14.4 Å². The van der Waals surface area contributed by atoms with Crippen LogP contribution >= 0.6 is 0 Å². The fraction of sp³-hybridized carbons (Fsp3) is 0.318. The minimum atomic E-state index is -1.99. The first-order chi connectivity index (χ1) is 12.5. The molecule has 0 radical (unpaired) electrons. The first-order valence-electron chi connectivity index (χ1n) is 8.99. The van der Waals surface area contributed by atoms with Crippen molar-refractivity contribution in [2.45, 2.75) is 38.9 Å². The summed E-state index contributed by atoms with van der Waals surface area (Å²) in [7, 11) is -0.144. The van der Waals surface area contributed by atoms with Crippen molar-refractivity contribution in [2.24, 2.45) is 0 Å². The lowest BCUT2D eigenvalue weighted by molar-refractivity contribution is 0.0817. The molecule has 0 heterocycles. The quantitative estimate of drug-likeness (QED) is 0.423. The highest BCUT2D eigenvalue weighted by Crippen LogP contribution is 2.38. The summed E-state index contributed by atoms with van der Waals surface area (Å²) in [6.07, 6.45) is 0. The molecule has 0 fully saturated rings. The minimum absolute atomic E-state index is 0.0371. The average molecular weight is 382 g/mol. The van der Waals surface area contributed by atoms with Gasteiger partial charge in [-0.1, -0.05) is 76.3 Å². The predicted molar refractivity (Wildman–Crippen MR) is 111 cm³/mol. The number of rotatable bonds is 5. The minimum Gasteiger partial charge on any atom is -0.368 e. The Hall–Kier alpha value is -2.53. The van der Waals surface area contributed by atoms with Gasteiger partial charge in [-0.25, -0.2) is 0 Å². The van der Waals surface area contributed by atoms with Gasteiger partial charge in [-0.15, -0.1) is 0 Å². The highest BCUT2D eigenvalue weighted by Gasteiger charge is 2.41. The standard InChI is InChI=1S/C22H27NO3Si/c1-22(2,3)27(5,6)23(4)21(26)18-14-12-17(13-15-18)20(25)19(24)16-10-8-7-9-11-16/h7-15H,1-6H3. The Morgan fingerprint density at radius 3 is 1.59 bits per heavy atom. The summed E-state index contributed by atoms with van der Waals surface area (Å²) in [4.78, 5) is 37.6. The summed E-state index contributed by atoms with van der Waals surface area (Å²) in [5, 5.41) is 0.0371. The molecule has 0 N–H and O–H groups in total. The molecule has 0 unspecified atom stereocenters. The van der Waals surface area contributed by atoms with Crippen molar-refractivity contribution in [3.05, 3.63) is 71.3 Å². The number of carbonyl (C=O) groups is 3. The molecule has 2 aromatic carbocycles. The van der Waals surface area contributed by atoms with Crippen molar-refractivity contribution in [1.29, 1.82) is 0 Å². The van der Waals surface area contributed by atoms with Gasteiger partial charge in [0, 0.05) is 23.7 Å². The zero-order valence-corrected chi connectivity index (χ0v) is 17.9.